The Hall–Kier alpha value is 0.0800. The number of hydrogen-bond acceptors (Lipinski definition) is 1. The molecule has 2 aromatic rings. The molecule has 0 bridgehead atoms. The fourth-order valence-corrected chi connectivity index (χ4v) is 23.4. The molecule has 13 unspecified atom stereocenters. The second kappa shape index (κ2) is 19.6. The van der Waals surface area contributed by atoms with Crippen molar-refractivity contribution in [1.82, 2.24) is 0 Å². The third-order valence-electron chi connectivity index (χ3n) is 16.8. The zero-order valence-electron chi connectivity index (χ0n) is 37.1. The Morgan fingerprint density at radius 1 is 0.636 bits per heavy atom. The van der Waals surface area contributed by atoms with Crippen LogP contribution in [-0.4, -0.2) is 21.3 Å². The zero-order valence-corrected chi connectivity index (χ0v) is 42.1. The molecular formula is C50H80Cl2OSiZr. The summed E-state index contributed by atoms with van der Waals surface area (Å²) >= 11 is -0.826. The third kappa shape index (κ3) is 9.53. The van der Waals surface area contributed by atoms with Crippen LogP contribution < -0.4 is 0 Å². The van der Waals surface area contributed by atoms with Gasteiger partial charge < -0.3 is 19.6 Å². The average Bonchev–Trinajstić information content (AvgIpc) is 3.66. The molecule has 7 rings (SSSR count). The predicted octanol–water partition coefficient (Wildman–Crippen LogP) is 16.1. The molecule has 55 heavy (non-hydrogen) atoms. The van der Waals surface area contributed by atoms with Crippen LogP contribution in [0.2, 0.25) is 23.2 Å². The molecule has 308 valence electrons. The molecule has 5 fully saturated rings. The fourth-order valence-electron chi connectivity index (χ4n) is 14.9. The van der Waals surface area contributed by atoms with E-state index in [0.29, 0.717) is 23.4 Å². The summed E-state index contributed by atoms with van der Waals surface area (Å²) in [4.78, 5) is 0. The number of halogens is 2. The summed E-state index contributed by atoms with van der Waals surface area (Å²) in [5.41, 5.74) is 6.69. The van der Waals surface area contributed by atoms with E-state index in [9.17, 15) is 0 Å². The van der Waals surface area contributed by atoms with Gasteiger partial charge >= 0.3 is 37.9 Å². The maximum atomic E-state index is 6.67. The first-order valence-electron chi connectivity index (χ1n) is 21.8. The Morgan fingerprint density at radius 3 is 1.62 bits per heavy atom. The quantitative estimate of drug-likeness (QED) is 0.207. The van der Waals surface area contributed by atoms with Gasteiger partial charge in [-0.3, -0.25) is 0 Å². The Balaban J connectivity index is 0.00000130. The SMILES string of the molecule is COC1C(c2ccccc2)C2CC(C)C([Si@@](C)(C3CCCCC3)C3C(C)CC4C(c5ccccc5)CC(C(C)(C)C)CC43)C2CC1C(C)(C)C.[CH3-].[CH3-].[Cl][Zr+2][Cl]. The molecule has 1 nitrogen and oxygen atoms in total. The summed E-state index contributed by atoms with van der Waals surface area (Å²) in [5, 5.41) is 0. The van der Waals surface area contributed by atoms with Gasteiger partial charge in [-0.15, -0.1) is 0 Å². The summed E-state index contributed by atoms with van der Waals surface area (Å²) < 4.78 is 6.67. The van der Waals surface area contributed by atoms with Gasteiger partial charge in [0.2, 0.25) is 0 Å². The van der Waals surface area contributed by atoms with Crippen molar-refractivity contribution in [3.8, 4) is 0 Å². The van der Waals surface area contributed by atoms with Gasteiger partial charge in [0, 0.05) is 13.0 Å². The Morgan fingerprint density at radius 2 is 1.13 bits per heavy atom. The Labute approximate surface area is 360 Å². The normalized spacial score (nSPS) is 37.4. The van der Waals surface area contributed by atoms with Crippen molar-refractivity contribution in [2.45, 2.75) is 161 Å². The van der Waals surface area contributed by atoms with Crippen LogP contribution in [0.1, 0.15) is 143 Å². The van der Waals surface area contributed by atoms with Crippen LogP contribution in [0, 0.1) is 73.0 Å². The molecular weight excluding hydrogens is 807 g/mol. The molecule has 14 atom stereocenters. The van der Waals surface area contributed by atoms with E-state index >= 15 is 0 Å². The van der Waals surface area contributed by atoms with Gasteiger partial charge in [0.1, 0.15) is 0 Å². The Bertz CT molecular complexity index is 1440. The number of hydrogen-bond donors (Lipinski definition) is 0. The number of fused-ring (bicyclic) bond motifs is 2. The van der Waals surface area contributed by atoms with Crippen LogP contribution in [0.3, 0.4) is 0 Å². The summed E-state index contributed by atoms with van der Waals surface area (Å²) in [6.45, 7) is 23.9. The van der Waals surface area contributed by atoms with Gasteiger partial charge in [-0.1, -0.05) is 155 Å². The maximum absolute atomic E-state index is 6.67. The van der Waals surface area contributed by atoms with Gasteiger partial charge in [0.15, 0.2) is 0 Å². The minimum absolute atomic E-state index is 0. The van der Waals surface area contributed by atoms with E-state index in [4.69, 9.17) is 21.8 Å². The monoisotopic (exact) mass is 884 g/mol. The van der Waals surface area contributed by atoms with Crippen LogP contribution >= 0.6 is 17.0 Å². The van der Waals surface area contributed by atoms with Crippen molar-refractivity contribution in [3.63, 3.8) is 0 Å². The van der Waals surface area contributed by atoms with Gasteiger partial charge in [-0.05, 0) is 124 Å². The van der Waals surface area contributed by atoms with E-state index in [1.54, 1.807) is 11.1 Å². The van der Waals surface area contributed by atoms with E-state index in [2.05, 4.69) is 123 Å². The second-order valence-electron chi connectivity index (χ2n) is 21.3. The van der Waals surface area contributed by atoms with Crippen LogP contribution in [0.5, 0.6) is 0 Å². The first-order chi connectivity index (χ1) is 25.2. The topological polar surface area (TPSA) is 9.23 Å². The van der Waals surface area contributed by atoms with Crippen molar-refractivity contribution in [2.24, 2.45) is 58.2 Å². The molecule has 5 heteroatoms. The standard InChI is InChI=1S/C48H74OSi.2CH3.2ClH.Zr/c1-31-26-38-37(33-20-14-11-15-21-33)28-35(47(3,4)5)29-40(38)45(31)50(10,36-24-18-13-19-25-36)46-32(2)27-39-41(46)30-42(48(6,7)8)44(49-9)43(39)34-22-16-12-17-23-34;;;;;/h11-12,14-17,20-23,31-32,35-46H,13,18-19,24-30H2,1-10H3;2*1H3;2*1H;/q;2*-1;;;+4/p-2/t31?,32?,35?,37?,38?,39?,40?,41?,42?,43?,44?,45?,46?,50-;;;;;/m0...../s1. The number of ether oxygens (including phenoxy) is 1. The van der Waals surface area contributed by atoms with Crippen LogP contribution in [0.4, 0.5) is 0 Å². The van der Waals surface area contributed by atoms with E-state index in [1.165, 1.54) is 64.2 Å². The van der Waals surface area contributed by atoms with Crippen LogP contribution in [0.15, 0.2) is 60.7 Å². The number of benzene rings is 2. The molecule has 0 radical (unpaired) electrons. The summed E-state index contributed by atoms with van der Waals surface area (Å²) in [6, 6.07) is 23.6. The van der Waals surface area contributed by atoms with Gasteiger partial charge in [-0.25, -0.2) is 0 Å². The molecule has 0 spiro atoms. The Kier molecular flexibility index (Phi) is 17.1. The van der Waals surface area contributed by atoms with Crippen molar-refractivity contribution in [2.75, 3.05) is 7.11 Å². The van der Waals surface area contributed by atoms with Crippen molar-refractivity contribution in [3.05, 3.63) is 86.6 Å². The van der Waals surface area contributed by atoms with Crippen LogP contribution in [0.25, 0.3) is 0 Å². The fraction of sp³-hybridized carbons (Fsp3) is 0.720. The molecule has 0 N–H and O–H groups in total. The molecule has 5 aliphatic rings. The van der Waals surface area contributed by atoms with Gasteiger partial charge in [0.05, 0.1) is 14.2 Å². The van der Waals surface area contributed by atoms with Crippen molar-refractivity contribution in [1.29, 1.82) is 0 Å². The molecule has 0 heterocycles. The molecule has 2 aromatic carbocycles. The first kappa shape index (κ1) is 47.8. The van der Waals surface area contributed by atoms with E-state index < -0.39 is 28.9 Å². The minimum atomic E-state index is -1.84. The molecule has 5 saturated carbocycles. The van der Waals surface area contributed by atoms with Gasteiger partial charge in [0.25, 0.3) is 0 Å². The zero-order chi connectivity index (χ0) is 38.3. The summed E-state index contributed by atoms with van der Waals surface area (Å²) in [6.07, 6.45) is 14.9. The number of methoxy groups -OCH3 is 1. The average molecular weight is 887 g/mol. The third-order valence-corrected chi connectivity index (χ3v) is 24.0. The molecule has 0 aromatic heterocycles. The predicted molar refractivity (Wildman–Crippen MR) is 241 cm³/mol. The van der Waals surface area contributed by atoms with Gasteiger partial charge in [-0.2, -0.15) is 0 Å². The van der Waals surface area contributed by atoms with E-state index in [-0.39, 0.29) is 20.3 Å². The molecule has 0 saturated heterocycles. The van der Waals surface area contributed by atoms with Crippen molar-refractivity contribution < 1.29 is 25.6 Å². The molecule has 0 aliphatic heterocycles. The first-order valence-corrected chi connectivity index (χ1v) is 30.8. The molecule has 0 amide bonds. The van der Waals surface area contributed by atoms with E-state index in [0.717, 1.165) is 64.0 Å². The van der Waals surface area contributed by atoms with Crippen molar-refractivity contribution >= 4 is 25.1 Å². The summed E-state index contributed by atoms with van der Waals surface area (Å²) in [7, 11) is 10.1. The summed E-state index contributed by atoms with van der Waals surface area (Å²) in [5.74, 6) is 7.67. The second-order valence-corrected chi connectivity index (χ2v) is 29.9. The van der Waals surface area contributed by atoms with Crippen LogP contribution in [-0.2, 0) is 25.6 Å². The number of rotatable bonds is 6. The van der Waals surface area contributed by atoms with E-state index in [1.807, 2.05) is 7.11 Å². The molecule has 5 aliphatic carbocycles.